The number of halogens is 1. The number of ether oxygens (including phenoxy) is 1. The van der Waals surface area contributed by atoms with E-state index in [9.17, 15) is 4.79 Å². The number of rotatable bonds is 5. The molecule has 1 aromatic heterocycles. The van der Waals surface area contributed by atoms with Crippen LogP contribution in [0.1, 0.15) is 31.3 Å². The molecule has 0 spiro atoms. The van der Waals surface area contributed by atoms with Crippen molar-refractivity contribution in [2.45, 2.75) is 45.4 Å². The maximum absolute atomic E-state index is 11.5. The number of methoxy groups -OCH3 is 1. The van der Waals surface area contributed by atoms with Crippen molar-refractivity contribution in [3.63, 3.8) is 0 Å². The first-order valence-electron chi connectivity index (χ1n) is 6.53. The highest BCUT2D eigenvalue weighted by molar-refractivity contribution is 9.10. The largest absolute Gasteiger partial charge is 0.464 e. The Morgan fingerprint density at radius 3 is 2.55 bits per heavy atom. The van der Waals surface area contributed by atoms with Crippen LogP contribution in [0.25, 0.3) is 0 Å². The van der Waals surface area contributed by atoms with Gasteiger partial charge in [0.15, 0.2) is 14.0 Å². The van der Waals surface area contributed by atoms with Crippen LogP contribution in [-0.2, 0) is 15.7 Å². The third-order valence-electron chi connectivity index (χ3n) is 3.75. The first-order valence-corrected chi connectivity index (χ1v) is 10.2. The van der Waals surface area contributed by atoms with Gasteiger partial charge in [0.2, 0.25) is 0 Å². The lowest BCUT2D eigenvalue weighted by atomic mass is 10.2. The second kappa shape index (κ2) is 6.40. The van der Waals surface area contributed by atoms with Gasteiger partial charge in [0.1, 0.15) is 4.60 Å². The Hall–Kier alpha value is -0.663. The highest BCUT2D eigenvalue weighted by Crippen LogP contribution is 2.36. The predicted octanol–water partition coefficient (Wildman–Crippen LogP) is 3.45. The van der Waals surface area contributed by atoms with Crippen molar-refractivity contribution in [2.75, 3.05) is 13.7 Å². The molecule has 0 bridgehead atoms. The molecule has 1 heterocycles. The van der Waals surface area contributed by atoms with E-state index < -0.39 is 14.3 Å². The minimum Gasteiger partial charge on any atom is -0.464 e. The molecule has 7 heteroatoms. The van der Waals surface area contributed by atoms with Crippen molar-refractivity contribution < 1.29 is 14.0 Å². The van der Waals surface area contributed by atoms with E-state index in [0.29, 0.717) is 23.4 Å². The predicted molar refractivity (Wildman–Crippen MR) is 84.4 cm³/mol. The number of esters is 1. The molecule has 1 rings (SSSR count). The van der Waals surface area contributed by atoms with E-state index in [4.69, 9.17) is 4.43 Å². The zero-order valence-corrected chi connectivity index (χ0v) is 15.6. The summed E-state index contributed by atoms with van der Waals surface area (Å²) in [6, 6.07) is 0. The van der Waals surface area contributed by atoms with Crippen molar-refractivity contribution >= 4 is 30.2 Å². The highest BCUT2D eigenvalue weighted by atomic mass is 79.9. The fourth-order valence-corrected chi connectivity index (χ4v) is 2.94. The fourth-order valence-electron chi connectivity index (χ4n) is 1.37. The van der Waals surface area contributed by atoms with Crippen LogP contribution < -0.4 is 0 Å². The summed E-state index contributed by atoms with van der Waals surface area (Å²) in [5, 5.41) is 0.191. The van der Waals surface area contributed by atoms with E-state index in [1.54, 1.807) is 6.33 Å². The average Bonchev–Trinajstić information content (AvgIpc) is 2.68. The summed E-state index contributed by atoms with van der Waals surface area (Å²) in [6.07, 6.45) is 1.62. The Balaban J connectivity index is 2.64. The Bertz CT molecular complexity index is 480. The molecule has 0 saturated carbocycles. The van der Waals surface area contributed by atoms with Gasteiger partial charge in [-0.25, -0.2) is 9.78 Å². The maximum atomic E-state index is 11.5. The van der Waals surface area contributed by atoms with Crippen molar-refractivity contribution in [1.82, 2.24) is 9.55 Å². The van der Waals surface area contributed by atoms with E-state index >= 15 is 0 Å². The molecule has 114 valence electrons. The molecular weight excluding hydrogens is 340 g/mol. The zero-order valence-electron chi connectivity index (χ0n) is 13.0. The van der Waals surface area contributed by atoms with Gasteiger partial charge in [-0.05, 0) is 34.1 Å². The summed E-state index contributed by atoms with van der Waals surface area (Å²) < 4.78 is 13.2. The third kappa shape index (κ3) is 3.92. The summed E-state index contributed by atoms with van der Waals surface area (Å²) in [5.74, 6) is -0.444. The molecule has 20 heavy (non-hydrogen) atoms. The van der Waals surface area contributed by atoms with Crippen LogP contribution in [0, 0.1) is 0 Å². The topological polar surface area (TPSA) is 53.3 Å². The third-order valence-corrected chi connectivity index (χ3v) is 9.12. The van der Waals surface area contributed by atoms with Gasteiger partial charge >= 0.3 is 5.97 Å². The van der Waals surface area contributed by atoms with Gasteiger partial charge in [0, 0.05) is 6.54 Å². The molecule has 0 aliphatic carbocycles. The first kappa shape index (κ1) is 17.4. The second-order valence-corrected chi connectivity index (χ2v) is 11.7. The van der Waals surface area contributed by atoms with Crippen LogP contribution in [0.15, 0.2) is 10.9 Å². The molecule has 0 aromatic carbocycles. The van der Waals surface area contributed by atoms with Gasteiger partial charge in [-0.15, -0.1) is 0 Å². The van der Waals surface area contributed by atoms with E-state index in [1.807, 2.05) is 4.57 Å². The van der Waals surface area contributed by atoms with Crippen LogP contribution in [0.3, 0.4) is 0 Å². The summed E-state index contributed by atoms with van der Waals surface area (Å²) in [5.41, 5.74) is 0.292. The van der Waals surface area contributed by atoms with Crippen molar-refractivity contribution in [3.05, 3.63) is 16.6 Å². The van der Waals surface area contributed by atoms with Crippen LogP contribution in [0.5, 0.6) is 0 Å². The summed E-state index contributed by atoms with van der Waals surface area (Å²) in [6.45, 7) is 12.3. The minimum atomic E-state index is -1.74. The molecule has 0 aliphatic rings. The smallest absolute Gasteiger partial charge is 0.359 e. The molecule has 0 saturated heterocycles. The van der Waals surface area contributed by atoms with Crippen LogP contribution in [0.2, 0.25) is 18.1 Å². The number of hydrogen-bond acceptors (Lipinski definition) is 4. The van der Waals surface area contributed by atoms with Crippen LogP contribution in [0.4, 0.5) is 0 Å². The molecule has 0 unspecified atom stereocenters. The van der Waals surface area contributed by atoms with Gasteiger partial charge in [0.25, 0.3) is 0 Å². The average molecular weight is 363 g/mol. The van der Waals surface area contributed by atoms with E-state index in [0.717, 1.165) is 0 Å². The Morgan fingerprint density at radius 2 is 2.05 bits per heavy atom. The lowest BCUT2D eigenvalue weighted by molar-refractivity contribution is 0.0593. The number of imidazole rings is 1. The molecule has 0 N–H and O–H groups in total. The Labute approximate surface area is 129 Å². The lowest BCUT2D eigenvalue weighted by Gasteiger charge is -2.36. The van der Waals surface area contributed by atoms with Gasteiger partial charge in [-0.1, -0.05) is 20.8 Å². The lowest BCUT2D eigenvalue weighted by Crippen LogP contribution is -2.41. The van der Waals surface area contributed by atoms with Crippen molar-refractivity contribution in [2.24, 2.45) is 0 Å². The Kier molecular flexibility index (Phi) is 5.57. The van der Waals surface area contributed by atoms with E-state index in [1.165, 1.54) is 7.11 Å². The normalized spacial score (nSPS) is 12.6. The molecule has 1 aromatic rings. The van der Waals surface area contributed by atoms with E-state index in [-0.39, 0.29) is 5.04 Å². The number of hydrogen-bond donors (Lipinski definition) is 0. The fraction of sp³-hybridized carbons (Fsp3) is 0.692. The van der Waals surface area contributed by atoms with E-state index in [2.05, 4.69) is 59.5 Å². The standard InChI is InChI=1S/C13H23BrN2O3Si/c1-13(2,3)20(5,6)19-8-7-16-9-15-10(11(16)14)12(17)18-4/h9H,7-8H2,1-6H3. The molecule has 0 atom stereocenters. The molecule has 0 radical (unpaired) electrons. The summed E-state index contributed by atoms with van der Waals surface area (Å²) in [4.78, 5) is 15.5. The van der Waals surface area contributed by atoms with Crippen LogP contribution >= 0.6 is 15.9 Å². The molecule has 0 fully saturated rings. The SMILES string of the molecule is COC(=O)c1ncn(CCO[Si](C)(C)C(C)(C)C)c1Br. The molecule has 0 amide bonds. The van der Waals surface area contributed by atoms with Crippen LogP contribution in [-0.4, -0.2) is 37.6 Å². The number of aromatic nitrogens is 2. The highest BCUT2D eigenvalue weighted by Gasteiger charge is 2.36. The second-order valence-electron chi connectivity index (χ2n) is 6.18. The molecule has 5 nitrogen and oxygen atoms in total. The van der Waals surface area contributed by atoms with Gasteiger partial charge < -0.3 is 13.7 Å². The molecular formula is C13H23BrN2O3Si. The monoisotopic (exact) mass is 362 g/mol. The minimum absolute atomic E-state index is 0.191. The van der Waals surface area contributed by atoms with Crippen molar-refractivity contribution in [1.29, 1.82) is 0 Å². The first-order chi connectivity index (χ1) is 9.10. The number of nitrogens with zero attached hydrogens (tertiary/aromatic N) is 2. The zero-order chi connectivity index (χ0) is 15.6. The maximum Gasteiger partial charge on any atom is 0.359 e. The quantitative estimate of drug-likeness (QED) is 0.594. The Morgan fingerprint density at radius 1 is 1.45 bits per heavy atom. The van der Waals surface area contributed by atoms with Gasteiger partial charge in [-0.2, -0.15) is 0 Å². The van der Waals surface area contributed by atoms with Gasteiger partial charge in [0.05, 0.1) is 20.0 Å². The van der Waals surface area contributed by atoms with Crippen molar-refractivity contribution in [3.8, 4) is 0 Å². The number of carbonyl (C=O) groups is 1. The summed E-state index contributed by atoms with van der Waals surface area (Å²) in [7, 11) is -0.397. The van der Waals surface area contributed by atoms with Gasteiger partial charge in [-0.3, -0.25) is 0 Å². The molecule has 0 aliphatic heterocycles. The summed E-state index contributed by atoms with van der Waals surface area (Å²) >= 11 is 3.37. The number of carbonyl (C=O) groups excluding carboxylic acids is 1.